The Morgan fingerprint density at radius 2 is 1.94 bits per heavy atom. The molecule has 1 amide bonds. The van der Waals surface area contributed by atoms with Crippen LogP contribution in [0.2, 0.25) is 0 Å². The predicted octanol–water partition coefficient (Wildman–Crippen LogP) is 2.77. The number of hydrogen-bond donors (Lipinski definition) is 1. The summed E-state index contributed by atoms with van der Waals surface area (Å²) < 4.78 is 0. The van der Waals surface area contributed by atoms with E-state index in [1.54, 1.807) is 0 Å². The first-order chi connectivity index (χ1) is 8.59. The van der Waals surface area contributed by atoms with Crippen molar-refractivity contribution in [3.63, 3.8) is 0 Å². The number of amides is 1. The van der Waals surface area contributed by atoms with Gasteiger partial charge in [0.2, 0.25) is 5.91 Å². The third-order valence-electron chi connectivity index (χ3n) is 3.06. The summed E-state index contributed by atoms with van der Waals surface area (Å²) >= 11 is 0. The Morgan fingerprint density at radius 3 is 2.56 bits per heavy atom. The number of rotatable bonds is 6. The largest absolute Gasteiger partial charge is 0.355 e. The lowest BCUT2D eigenvalue weighted by Crippen LogP contribution is -2.40. The lowest BCUT2D eigenvalue weighted by atomic mass is 9.84. The normalized spacial score (nSPS) is 10.7. The molecule has 3 nitrogen and oxygen atoms in total. The van der Waals surface area contributed by atoms with E-state index in [0.717, 1.165) is 18.4 Å². The average Bonchev–Trinajstić information content (AvgIpc) is 2.39. The van der Waals surface area contributed by atoms with Crippen LogP contribution in [0.3, 0.4) is 0 Å². The van der Waals surface area contributed by atoms with E-state index in [1.165, 1.54) is 0 Å². The minimum Gasteiger partial charge on any atom is -0.355 e. The first-order valence-corrected chi connectivity index (χ1v) is 6.30. The number of nitrogens with zero attached hydrogens (tertiary/aromatic N) is 1. The molecule has 0 aliphatic heterocycles. The Balaban J connectivity index is 2.48. The van der Waals surface area contributed by atoms with Crippen molar-refractivity contribution in [3.8, 4) is 6.07 Å². The second kappa shape index (κ2) is 6.80. The summed E-state index contributed by atoms with van der Waals surface area (Å²) in [6.07, 6.45) is 2.24. The van der Waals surface area contributed by atoms with Gasteiger partial charge in [0.25, 0.3) is 0 Å². The van der Waals surface area contributed by atoms with Gasteiger partial charge in [0.05, 0.1) is 11.5 Å². The van der Waals surface area contributed by atoms with Crippen LogP contribution in [-0.2, 0) is 10.2 Å². The molecule has 1 N–H and O–H groups in total. The zero-order valence-electron chi connectivity index (χ0n) is 11.1. The van der Waals surface area contributed by atoms with Crippen molar-refractivity contribution in [2.24, 2.45) is 0 Å². The van der Waals surface area contributed by atoms with Gasteiger partial charge in [-0.25, -0.2) is 0 Å². The van der Waals surface area contributed by atoms with E-state index in [1.807, 2.05) is 44.2 Å². The molecule has 3 heteroatoms. The molecule has 1 rings (SSSR count). The molecule has 1 aromatic carbocycles. The van der Waals surface area contributed by atoms with Gasteiger partial charge in [0.15, 0.2) is 0 Å². The number of hydrogen-bond acceptors (Lipinski definition) is 2. The fraction of sp³-hybridized carbons (Fsp3) is 0.467. The Morgan fingerprint density at radius 1 is 1.28 bits per heavy atom. The molecule has 1 aromatic rings. The average molecular weight is 244 g/mol. The third-order valence-corrected chi connectivity index (χ3v) is 3.06. The molecule has 0 aromatic heterocycles. The Kier molecular flexibility index (Phi) is 5.38. The van der Waals surface area contributed by atoms with Crippen molar-refractivity contribution in [1.29, 1.82) is 5.26 Å². The fourth-order valence-electron chi connectivity index (χ4n) is 1.74. The zero-order valence-corrected chi connectivity index (χ0v) is 11.1. The number of carbonyl (C=O) groups excluding carboxylic acids is 1. The zero-order chi connectivity index (χ0) is 13.4. The molecular formula is C15H20N2O. The van der Waals surface area contributed by atoms with Gasteiger partial charge in [-0.2, -0.15) is 5.26 Å². The van der Waals surface area contributed by atoms with Crippen molar-refractivity contribution in [1.82, 2.24) is 5.32 Å². The Hall–Kier alpha value is -1.82. The molecule has 0 spiro atoms. The molecule has 0 aliphatic rings. The van der Waals surface area contributed by atoms with Gasteiger partial charge in [-0.1, -0.05) is 30.3 Å². The predicted molar refractivity (Wildman–Crippen MR) is 71.9 cm³/mol. The first kappa shape index (κ1) is 14.2. The van der Waals surface area contributed by atoms with Crippen molar-refractivity contribution in [3.05, 3.63) is 35.9 Å². The van der Waals surface area contributed by atoms with Crippen LogP contribution in [0.25, 0.3) is 0 Å². The number of nitrogens with one attached hydrogen (secondary N) is 1. The van der Waals surface area contributed by atoms with Crippen LogP contribution in [0.5, 0.6) is 0 Å². The van der Waals surface area contributed by atoms with Gasteiger partial charge in [-0.3, -0.25) is 4.79 Å². The van der Waals surface area contributed by atoms with Crippen molar-refractivity contribution < 1.29 is 4.79 Å². The van der Waals surface area contributed by atoms with Crippen molar-refractivity contribution in [2.45, 2.75) is 38.5 Å². The molecule has 0 radical (unpaired) electrons. The molecule has 0 saturated heterocycles. The quantitative estimate of drug-likeness (QED) is 0.782. The molecule has 0 heterocycles. The molecule has 0 fully saturated rings. The SMILES string of the molecule is CC(C)(C(=O)NCCCCC#N)c1ccccc1. The first-order valence-electron chi connectivity index (χ1n) is 6.30. The number of benzene rings is 1. The van der Waals surface area contributed by atoms with E-state index in [9.17, 15) is 4.79 Å². The lowest BCUT2D eigenvalue weighted by Gasteiger charge is -2.24. The molecule has 0 aliphatic carbocycles. The summed E-state index contributed by atoms with van der Waals surface area (Å²) in [4.78, 5) is 12.1. The van der Waals surface area contributed by atoms with Crippen LogP contribution in [0.1, 0.15) is 38.7 Å². The highest BCUT2D eigenvalue weighted by molar-refractivity contribution is 5.87. The summed E-state index contributed by atoms with van der Waals surface area (Å²) in [5.41, 5.74) is 0.496. The molecule has 96 valence electrons. The van der Waals surface area contributed by atoms with E-state index in [0.29, 0.717) is 13.0 Å². The minimum absolute atomic E-state index is 0.0330. The van der Waals surface area contributed by atoms with Crippen LogP contribution >= 0.6 is 0 Å². The number of unbranched alkanes of at least 4 members (excludes halogenated alkanes) is 2. The topological polar surface area (TPSA) is 52.9 Å². The second-order valence-corrected chi connectivity index (χ2v) is 4.86. The summed E-state index contributed by atoms with van der Waals surface area (Å²) in [5, 5.41) is 11.3. The van der Waals surface area contributed by atoms with E-state index in [-0.39, 0.29) is 5.91 Å². The lowest BCUT2D eigenvalue weighted by molar-refractivity contribution is -0.125. The van der Waals surface area contributed by atoms with Gasteiger partial charge in [-0.15, -0.1) is 0 Å². The Bertz CT molecular complexity index is 418. The Labute approximate surface area is 109 Å². The smallest absolute Gasteiger partial charge is 0.230 e. The van der Waals surface area contributed by atoms with Gasteiger partial charge in [0.1, 0.15) is 0 Å². The van der Waals surface area contributed by atoms with Crippen LogP contribution in [-0.4, -0.2) is 12.5 Å². The number of nitriles is 1. The highest BCUT2D eigenvalue weighted by Crippen LogP contribution is 2.22. The highest BCUT2D eigenvalue weighted by Gasteiger charge is 2.28. The van der Waals surface area contributed by atoms with Crippen LogP contribution < -0.4 is 5.32 Å². The third kappa shape index (κ3) is 3.89. The van der Waals surface area contributed by atoms with Crippen LogP contribution in [0, 0.1) is 11.3 Å². The van der Waals surface area contributed by atoms with Gasteiger partial charge < -0.3 is 5.32 Å². The monoisotopic (exact) mass is 244 g/mol. The molecular weight excluding hydrogens is 224 g/mol. The standard InChI is InChI=1S/C15H20N2O/c1-15(2,13-9-5-3-6-10-13)14(18)17-12-8-4-7-11-16/h3,5-6,9-10H,4,7-8,12H2,1-2H3,(H,17,18). The van der Waals surface area contributed by atoms with Gasteiger partial charge in [-0.05, 0) is 32.3 Å². The number of carbonyl (C=O) groups is 1. The van der Waals surface area contributed by atoms with E-state index >= 15 is 0 Å². The summed E-state index contributed by atoms with van der Waals surface area (Å²) in [6, 6.07) is 11.9. The highest BCUT2D eigenvalue weighted by atomic mass is 16.2. The molecule has 18 heavy (non-hydrogen) atoms. The second-order valence-electron chi connectivity index (χ2n) is 4.86. The van der Waals surface area contributed by atoms with Gasteiger partial charge >= 0.3 is 0 Å². The van der Waals surface area contributed by atoms with Gasteiger partial charge in [0, 0.05) is 13.0 Å². The summed E-state index contributed by atoms with van der Waals surface area (Å²) in [7, 11) is 0. The van der Waals surface area contributed by atoms with Crippen LogP contribution in [0.4, 0.5) is 0 Å². The summed E-state index contributed by atoms with van der Waals surface area (Å²) in [6.45, 7) is 4.48. The molecule has 0 unspecified atom stereocenters. The summed E-state index contributed by atoms with van der Waals surface area (Å²) in [5.74, 6) is 0.0330. The van der Waals surface area contributed by atoms with E-state index < -0.39 is 5.41 Å². The minimum atomic E-state index is -0.517. The fourth-order valence-corrected chi connectivity index (χ4v) is 1.74. The maximum absolute atomic E-state index is 12.1. The molecule has 0 atom stereocenters. The van der Waals surface area contributed by atoms with E-state index in [2.05, 4.69) is 11.4 Å². The maximum atomic E-state index is 12.1. The molecule has 0 saturated carbocycles. The molecule has 0 bridgehead atoms. The maximum Gasteiger partial charge on any atom is 0.230 e. The van der Waals surface area contributed by atoms with Crippen molar-refractivity contribution >= 4 is 5.91 Å². The van der Waals surface area contributed by atoms with Crippen molar-refractivity contribution in [2.75, 3.05) is 6.54 Å². The van der Waals surface area contributed by atoms with Crippen LogP contribution in [0.15, 0.2) is 30.3 Å². The van der Waals surface area contributed by atoms with E-state index in [4.69, 9.17) is 5.26 Å².